The van der Waals surface area contributed by atoms with Crippen LogP contribution in [0, 0.1) is 5.92 Å². The van der Waals surface area contributed by atoms with E-state index in [0.717, 1.165) is 37.9 Å². The van der Waals surface area contributed by atoms with Crippen LogP contribution in [-0.2, 0) is 13.1 Å². The minimum absolute atomic E-state index is 0.00622. The maximum Gasteiger partial charge on any atom is 0.221 e. The molecule has 0 atom stereocenters. The molecule has 174 valence electrons. The third-order valence-corrected chi connectivity index (χ3v) is 6.26. The maximum atomic E-state index is 11.0. The van der Waals surface area contributed by atoms with Crippen molar-refractivity contribution in [2.45, 2.75) is 25.9 Å². The zero-order valence-corrected chi connectivity index (χ0v) is 19.7. The van der Waals surface area contributed by atoms with E-state index < -0.39 is 0 Å². The second-order valence-electron chi connectivity index (χ2n) is 8.26. The summed E-state index contributed by atoms with van der Waals surface area (Å²) in [6.07, 6.45) is 3.33. The van der Waals surface area contributed by atoms with Gasteiger partial charge in [0.1, 0.15) is 0 Å². The molecule has 1 aliphatic rings. The number of methoxy groups -OCH3 is 2. The normalized spacial score (nSPS) is 15.3. The van der Waals surface area contributed by atoms with E-state index >= 15 is 0 Å². The maximum absolute atomic E-state index is 11.0. The number of aromatic hydroxyl groups is 1. The number of nitrogens with two attached hydrogens (primary N) is 1. The third-order valence-electron chi connectivity index (χ3n) is 6.18. The van der Waals surface area contributed by atoms with Gasteiger partial charge < -0.3 is 20.3 Å². The molecular weight excluding hydrogens is 438 g/mol. The smallest absolute Gasteiger partial charge is 0.221 e. The van der Waals surface area contributed by atoms with Gasteiger partial charge in [-0.15, -0.1) is 10.2 Å². The van der Waals surface area contributed by atoms with Gasteiger partial charge >= 0.3 is 0 Å². The molecule has 2 heterocycles. The molecule has 9 heteroatoms. The molecular formula is C24H29N5O3S. The molecule has 0 aliphatic carbocycles. The number of piperidine rings is 1. The van der Waals surface area contributed by atoms with Crippen molar-refractivity contribution in [2.24, 2.45) is 21.9 Å². The zero-order valence-electron chi connectivity index (χ0n) is 18.9. The molecule has 1 fully saturated rings. The summed E-state index contributed by atoms with van der Waals surface area (Å²) in [7, 11) is 3.15. The molecule has 0 amide bonds. The predicted octanol–water partition coefficient (Wildman–Crippen LogP) is 4.60. The van der Waals surface area contributed by atoms with Crippen molar-refractivity contribution in [1.29, 1.82) is 0 Å². The highest BCUT2D eigenvalue weighted by molar-refractivity contribution is 7.80. The number of rotatable bonds is 7. The molecule has 1 aromatic heterocycles. The molecule has 2 aromatic carbocycles. The van der Waals surface area contributed by atoms with Crippen molar-refractivity contribution in [3.63, 3.8) is 0 Å². The Labute approximate surface area is 198 Å². The van der Waals surface area contributed by atoms with E-state index in [9.17, 15) is 5.11 Å². The van der Waals surface area contributed by atoms with Gasteiger partial charge in [-0.05, 0) is 49.0 Å². The lowest BCUT2D eigenvalue weighted by molar-refractivity contribution is 0.145. The molecule has 33 heavy (non-hydrogen) atoms. The van der Waals surface area contributed by atoms with E-state index in [0.29, 0.717) is 35.2 Å². The lowest BCUT2D eigenvalue weighted by atomic mass is 9.90. The van der Waals surface area contributed by atoms with Crippen LogP contribution in [0.4, 0.5) is 5.69 Å². The summed E-state index contributed by atoms with van der Waals surface area (Å²) in [6.45, 7) is 2.43. The van der Waals surface area contributed by atoms with Gasteiger partial charge in [0.25, 0.3) is 0 Å². The van der Waals surface area contributed by atoms with E-state index in [1.807, 2.05) is 10.6 Å². The first kappa shape index (κ1) is 23.0. The monoisotopic (exact) mass is 467 g/mol. The Hall–Kier alpha value is -3.17. The van der Waals surface area contributed by atoms with Crippen molar-refractivity contribution in [1.82, 2.24) is 9.47 Å². The number of aromatic nitrogens is 1. The fourth-order valence-corrected chi connectivity index (χ4v) is 4.50. The number of hydrogen-bond donors (Lipinski definition) is 2. The van der Waals surface area contributed by atoms with Crippen LogP contribution in [0.5, 0.6) is 17.4 Å². The third kappa shape index (κ3) is 5.09. The van der Waals surface area contributed by atoms with Gasteiger partial charge in [0.05, 0.1) is 26.4 Å². The fourth-order valence-electron chi connectivity index (χ4n) is 4.46. The van der Waals surface area contributed by atoms with Crippen molar-refractivity contribution in [3.05, 3.63) is 48.0 Å². The Morgan fingerprint density at radius 1 is 1.12 bits per heavy atom. The summed E-state index contributed by atoms with van der Waals surface area (Å²) < 4.78 is 12.7. The molecule has 4 rings (SSSR count). The number of hydrogen-bond acceptors (Lipinski definition) is 6. The summed E-state index contributed by atoms with van der Waals surface area (Å²) in [4.78, 5) is 2.34. The molecule has 1 saturated heterocycles. The molecule has 3 N–H and O–H groups in total. The molecule has 3 aromatic rings. The second-order valence-corrected chi connectivity index (χ2v) is 8.67. The largest absolute Gasteiger partial charge is 0.493 e. The van der Waals surface area contributed by atoms with Crippen molar-refractivity contribution < 1.29 is 14.6 Å². The number of nitrogens with zero attached hydrogens (tertiary/aromatic N) is 4. The SMILES string of the molecule is COc1cc2c(N=NC(N)=S)c(O)n(CN3CCC(Cc4ccccc4)CC3)c2cc1OC. The first-order valence-electron chi connectivity index (χ1n) is 10.9. The Kier molecular flexibility index (Phi) is 7.10. The van der Waals surface area contributed by atoms with Crippen LogP contribution >= 0.6 is 12.2 Å². The molecule has 0 unspecified atom stereocenters. The predicted molar refractivity (Wildman–Crippen MR) is 132 cm³/mol. The Balaban J connectivity index is 1.58. The zero-order chi connectivity index (χ0) is 23.4. The summed E-state index contributed by atoms with van der Waals surface area (Å²) in [6, 6.07) is 14.3. The van der Waals surface area contributed by atoms with E-state index in [4.69, 9.17) is 27.4 Å². The Morgan fingerprint density at radius 3 is 2.42 bits per heavy atom. The molecule has 0 radical (unpaired) electrons. The lowest BCUT2D eigenvalue weighted by Crippen LogP contribution is -2.35. The molecule has 0 spiro atoms. The van der Waals surface area contributed by atoms with Crippen LogP contribution in [0.15, 0.2) is 52.7 Å². The average Bonchev–Trinajstić information content (AvgIpc) is 3.08. The van der Waals surface area contributed by atoms with E-state index in [1.54, 1.807) is 20.3 Å². The van der Waals surface area contributed by atoms with Crippen LogP contribution in [0.1, 0.15) is 18.4 Å². The number of thiocarbonyl (C=S) groups is 1. The highest BCUT2D eigenvalue weighted by Gasteiger charge is 2.24. The number of benzene rings is 2. The highest BCUT2D eigenvalue weighted by atomic mass is 32.1. The fraction of sp³-hybridized carbons (Fsp3) is 0.375. The number of likely N-dealkylation sites (tertiary alicyclic amines) is 1. The van der Waals surface area contributed by atoms with Gasteiger partial charge in [-0.25, -0.2) is 0 Å². The molecule has 0 saturated carbocycles. The standard InChI is InChI=1S/C24H29N5O3S/c1-31-20-13-18-19(14-21(20)32-2)29(23(30)22(18)26-27-24(25)33)15-28-10-8-17(9-11-28)12-16-6-4-3-5-7-16/h3-7,13-14,17,30H,8-12,15H2,1-2H3,(H2,25,33). The minimum atomic E-state index is -0.101. The van der Waals surface area contributed by atoms with Gasteiger partial charge in [0.2, 0.25) is 11.0 Å². The lowest BCUT2D eigenvalue weighted by Gasteiger charge is -2.32. The van der Waals surface area contributed by atoms with E-state index in [-0.39, 0.29) is 11.0 Å². The molecule has 8 nitrogen and oxygen atoms in total. The highest BCUT2D eigenvalue weighted by Crippen LogP contribution is 2.44. The van der Waals surface area contributed by atoms with Crippen molar-refractivity contribution in [2.75, 3.05) is 27.3 Å². The second kappa shape index (κ2) is 10.2. The average molecular weight is 468 g/mol. The van der Waals surface area contributed by atoms with Crippen LogP contribution in [0.3, 0.4) is 0 Å². The van der Waals surface area contributed by atoms with Crippen LogP contribution in [-0.4, -0.2) is 47.0 Å². The van der Waals surface area contributed by atoms with Gasteiger partial charge in [0, 0.05) is 24.5 Å². The number of ether oxygens (including phenoxy) is 2. The van der Waals surface area contributed by atoms with Gasteiger partial charge in [0.15, 0.2) is 17.2 Å². The molecule has 1 aliphatic heterocycles. The first-order chi connectivity index (χ1) is 16.0. The Morgan fingerprint density at radius 2 is 1.79 bits per heavy atom. The summed E-state index contributed by atoms with van der Waals surface area (Å²) in [5.74, 6) is 1.78. The van der Waals surface area contributed by atoms with Crippen LogP contribution < -0.4 is 15.2 Å². The van der Waals surface area contributed by atoms with Crippen LogP contribution in [0.25, 0.3) is 10.9 Å². The van der Waals surface area contributed by atoms with Gasteiger partial charge in [-0.3, -0.25) is 9.47 Å². The van der Waals surface area contributed by atoms with Gasteiger partial charge in [-0.1, -0.05) is 30.3 Å². The number of azo groups is 1. The topological polar surface area (TPSA) is 97.6 Å². The van der Waals surface area contributed by atoms with Crippen molar-refractivity contribution >= 4 is 33.9 Å². The summed E-state index contributed by atoms with van der Waals surface area (Å²) >= 11 is 4.82. The summed E-state index contributed by atoms with van der Waals surface area (Å²) in [5.41, 5.74) is 7.95. The van der Waals surface area contributed by atoms with Crippen LogP contribution in [0.2, 0.25) is 0 Å². The van der Waals surface area contributed by atoms with Gasteiger partial charge in [-0.2, -0.15) is 0 Å². The van der Waals surface area contributed by atoms with E-state index in [1.165, 1.54) is 5.56 Å². The first-order valence-corrected chi connectivity index (χ1v) is 11.4. The van der Waals surface area contributed by atoms with E-state index in [2.05, 4.69) is 45.5 Å². The summed E-state index contributed by atoms with van der Waals surface area (Å²) in [5, 5.41) is 19.5. The minimum Gasteiger partial charge on any atom is -0.493 e. The van der Waals surface area contributed by atoms with Crippen molar-refractivity contribution in [3.8, 4) is 17.4 Å². The number of fused-ring (bicyclic) bond motifs is 1. The quantitative estimate of drug-likeness (QED) is 0.389. The Bertz CT molecular complexity index is 1150. The molecule has 0 bridgehead atoms.